The number of hydrogen-bond donors (Lipinski definition) is 1. The van der Waals surface area contributed by atoms with Gasteiger partial charge in [-0.25, -0.2) is 4.98 Å². The molecule has 4 nitrogen and oxygen atoms in total. The molecule has 0 saturated carbocycles. The Hall–Kier alpha value is -2.07. The standard InChI is InChI=1S/C13H13F3N2O2/c1-18(9-13(14,15)16)12(20)11-10(5-2-3-8-19)6-4-7-17-11/h4,6-7,19H,3,8-9H2,1H3. The predicted octanol–water partition coefficient (Wildman–Crippen LogP) is 1.45. The number of aliphatic hydroxyl groups excluding tert-OH is 1. The van der Waals surface area contributed by atoms with Crippen LogP contribution in [0, 0.1) is 11.8 Å². The van der Waals surface area contributed by atoms with E-state index in [0.717, 1.165) is 7.05 Å². The number of alkyl halides is 3. The average Bonchev–Trinajstić information content (AvgIpc) is 2.37. The largest absolute Gasteiger partial charge is 0.406 e. The number of carbonyl (C=O) groups excluding carboxylic acids is 1. The van der Waals surface area contributed by atoms with E-state index in [4.69, 9.17) is 5.11 Å². The van der Waals surface area contributed by atoms with Crippen molar-refractivity contribution in [3.63, 3.8) is 0 Å². The van der Waals surface area contributed by atoms with Crippen LogP contribution in [0.4, 0.5) is 13.2 Å². The number of nitrogens with zero attached hydrogens (tertiary/aromatic N) is 2. The molecule has 0 radical (unpaired) electrons. The Kier molecular flexibility index (Phi) is 5.53. The maximum atomic E-state index is 12.3. The summed E-state index contributed by atoms with van der Waals surface area (Å²) in [6, 6.07) is 3.02. The Labute approximate surface area is 114 Å². The smallest absolute Gasteiger partial charge is 0.395 e. The second kappa shape index (κ2) is 6.91. The second-order valence-corrected chi connectivity index (χ2v) is 3.95. The molecule has 0 aromatic carbocycles. The molecule has 1 amide bonds. The molecule has 0 bridgehead atoms. The fourth-order valence-corrected chi connectivity index (χ4v) is 1.41. The van der Waals surface area contributed by atoms with Crippen molar-refractivity contribution in [2.75, 3.05) is 20.2 Å². The van der Waals surface area contributed by atoms with Crippen molar-refractivity contribution in [1.82, 2.24) is 9.88 Å². The lowest BCUT2D eigenvalue weighted by molar-refractivity contribution is -0.138. The molecule has 0 aliphatic rings. The van der Waals surface area contributed by atoms with Crippen LogP contribution in [-0.2, 0) is 0 Å². The summed E-state index contributed by atoms with van der Waals surface area (Å²) in [5.41, 5.74) is 0.102. The van der Waals surface area contributed by atoms with E-state index >= 15 is 0 Å². The summed E-state index contributed by atoms with van der Waals surface area (Å²) < 4.78 is 36.8. The summed E-state index contributed by atoms with van der Waals surface area (Å²) in [5.74, 6) is 4.36. The number of aliphatic hydroxyl groups is 1. The van der Waals surface area contributed by atoms with Crippen LogP contribution < -0.4 is 0 Å². The van der Waals surface area contributed by atoms with Crippen molar-refractivity contribution in [3.05, 3.63) is 29.6 Å². The van der Waals surface area contributed by atoms with Crippen LogP contribution in [0.3, 0.4) is 0 Å². The van der Waals surface area contributed by atoms with Crippen LogP contribution in [-0.4, -0.2) is 47.3 Å². The maximum Gasteiger partial charge on any atom is 0.406 e. The van der Waals surface area contributed by atoms with Crippen molar-refractivity contribution in [2.24, 2.45) is 0 Å². The van der Waals surface area contributed by atoms with Crippen molar-refractivity contribution in [2.45, 2.75) is 12.6 Å². The third-order valence-electron chi connectivity index (χ3n) is 2.23. The zero-order chi connectivity index (χ0) is 15.2. The highest BCUT2D eigenvalue weighted by atomic mass is 19.4. The number of aromatic nitrogens is 1. The van der Waals surface area contributed by atoms with Crippen LogP contribution in [0.5, 0.6) is 0 Å². The molecule has 20 heavy (non-hydrogen) atoms. The predicted molar refractivity (Wildman–Crippen MR) is 65.8 cm³/mol. The highest BCUT2D eigenvalue weighted by molar-refractivity contribution is 5.94. The Balaban J connectivity index is 2.96. The summed E-state index contributed by atoms with van der Waals surface area (Å²) in [7, 11) is 1.05. The molecule has 0 aliphatic heterocycles. The molecule has 0 aliphatic carbocycles. The molecule has 7 heteroatoms. The van der Waals surface area contributed by atoms with Gasteiger partial charge >= 0.3 is 6.18 Å². The first-order valence-corrected chi connectivity index (χ1v) is 5.72. The lowest BCUT2D eigenvalue weighted by Crippen LogP contribution is -2.36. The van der Waals surface area contributed by atoms with Gasteiger partial charge in [0.15, 0.2) is 0 Å². The first kappa shape index (κ1) is 16.0. The minimum absolute atomic E-state index is 0.134. The number of carbonyl (C=O) groups is 1. The molecule has 1 heterocycles. The van der Waals surface area contributed by atoms with E-state index in [9.17, 15) is 18.0 Å². The van der Waals surface area contributed by atoms with Gasteiger partial charge in [0.25, 0.3) is 5.91 Å². The fourth-order valence-electron chi connectivity index (χ4n) is 1.41. The minimum atomic E-state index is -4.47. The van der Waals surface area contributed by atoms with Gasteiger partial charge in [-0.3, -0.25) is 4.79 Å². The number of pyridine rings is 1. The molecule has 0 unspecified atom stereocenters. The molecular weight excluding hydrogens is 273 g/mol. The molecule has 0 spiro atoms. The highest BCUT2D eigenvalue weighted by Gasteiger charge is 2.32. The quantitative estimate of drug-likeness (QED) is 0.856. The molecule has 0 atom stereocenters. The van der Waals surface area contributed by atoms with E-state index in [-0.39, 0.29) is 24.3 Å². The van der Waals surface area contributed by atoms with Gasteiger partial charge in [-0.1, -0.05) is 11.8 Å². The first-order chi connectivity index (χ1) is 9.35. The molecule has 1 aromatic heterocycles. The Morgan fingerprint density at radius 1 is 1.50 bits per heavy atom. The van der Waals surface area contributed by atoms with Crippen LogP contribution in [0.15, 0.2) is 18.3 Å². The van der Waals surface area contributed by atoms with Crippen LogP contribution in [0.25, 0.3) is 0 Å². The second-order valence-electron chi connectivity index (χ2n) is 3.95. The van der Waals surface area contributed by atoms with Crippen LogP contribution in [0.2, 0.25) is 0 Å². The van der Waals surface area contributed by atoms with E-state index in [1.54, 1.807) is 0 Å². The van der Waals surface area contributed by atoms with E-state index in [1.165, 1.54) is 18.3 Å². The van der Waals surface area contributed by atoms with Gasteiger partial charge in [0, 0.05) is 19.7 Å². The monoisotopic (exact) mass is 286 g/mol. The Morgan fingerprint density at radius 3 is 2.80 bits per heavy atom. The molecular formula is C13H13F3N2O2. The van der Waals surface area contributed by atoms with Gasteiger partial charge in [-0.2, -0.15) is 13.2 Å². The molecule has 1 rings (SSSR count). The Bertz CT molecular complexity index is 532. The van der Waals surface area contributed by atoms with Crippen molar-refractivity contribution < 1.29 is 23.1 Å². The van der Waals surface area contributed by atoms with Crippen LogP contribution >= 0.6 is 0 Å². The van der Waals surface area contributed by atoms with E-state index in [1.807, 2.05) is 0 Å². The van der Waals surface area contributed by atoms with E-state index in [2.05, 4.69) is 16.8 Å². The van der Waals surface area contributed by atoms with Crippen molar-refractivity contribution in [3.8, 4) is 11.8 Å². The van der Waals surface area contributed by atoms with Gasteiger partial charge in [-0.15, -0.1) is 0 Å². The third-order valence-corrected chi connectivity index (χ3v) is 2.23. The van der Waals surface area contributed by atoms with Gasteiger partial charge in [0.1, 0.15) is 12.2 Å². The van der Waals surface area contributed by atoms with Gasteiger partial charge in [0.05, 0.1) is 12.2 Å². The van der Waals surface area contributed by atoms with Crippen LogP contribution in [0.1, 0.15) is 22.5 Å². The van der Waals surface area contributed by atoms with Crippen molar-refractivity contribution >= 4 is 5.91 Å². The molecule has 0 saturated heterocycles. The summed E-state index contributed by atoms with van der Waals surface area (Å²) in [5, 5.41) is 8.62. The summed E-state index contributed by atoms with van der Waals surface area (Å²) in [4.78, 5) is 16.2. The van der Waals surface area contributed by atoms with Crippen molar-refractivity contribution in [1.29, 1.82) is 0 Å². The molecule has 1 aromatic rings. The summed E-state index contributed by atoms with van der Waals surface area (Å²) >= 11 is 0. The lowest BCUT2D eigenvalue weighted by atomic mass is 10.1. The van der Waals surface area contributed by atoms with Gasteiger partial charge in [-0.05, 0) is 12.1 Å². The number of halogens is 3. The average molecular weight is 286 g/mol. The molecule has 108 valence electrons. The van der Waals surface area contributed by atoms with Gasteiger partial charge in [0.2, 0.25) is 0 Å². The Morgan fingerprint density at radius 2 is 2.20 bits per heavy atom. The summed E-state index contributed by atoms with van der Waals surface area (Å²) in [6.45, 7) is -1.49. The number of amides is 1. The number of hydrogen-bond acceptors (Lipinski definition) is 3. The normalized spacial score (nSPS) is 10.7. The van der Waals surface area contributed by atoms with E-state index < -0.39 is 18.6 Å². The SMILES string of the molecule is CN(CC(F)(F)F)C(=O)c1ncccc1C#CCCO. The topological polar surface area (TPSA) is 53.4 Å². The first-order valence-electron chi connectivity index (χ1n) is 5.72. The molecule has 1 N–H and O–H groups in total. The minimum Gasteiger partial charge on any atom is -0.395 e. The lowest BCUT2D eigenvalue weighted by Gasteiger charge is -2.18. The van der Waals surface area contributed by atoms with E-state index in [0.29, 0.717) is 4.90 Å². The zero-order valence-corrected chi connectivity index (χ0v) is 10.7. The molecule has 0 fully saturated rings. The highest BCUT2D eigenvalue weighted by Crippen LogP contribution is 2.17. The summed E-state index contributed by atoms with van der Waals surface area (Å²) in [6.07, 6.45) is -2.95. The van der Waals surface area contributed by atoms with Gasteiger partial charge < -0.3 is 10.0 Å². The zero-order valence-electron chi connectivity index (χ0n) is 10.7. The number of rotatable bonds is 3. The maximum absolute atomic E-state index is 12.3. The fraction of sp³-hybridized carbons (Fsp3) is 0.385. The third kappa shape index (κ3) is 4.90.